The first-order valence-corrected chi connectivity index (χ1v) is 8.91. The Hall–Kier alpha value is -1.44. The number of carbonyl (C=O) groups excluding carboxylic acids is 1. The number of carbonyl (C=O) groups is 1. The molecule has 0 aromatic carbocycles. The van der Waals surface area contributed by atoms with Crippen molar-refractivity contribution in [3.63, 3.8) is 0 Å². The minimum Gasteiger partial charge on any atom is -0.352 e. The van der Waals surface area contributed by atoms with Crippen molar-refractivity contribution < 1.29 is 4.79 Å². The summed E-state index contributed by atoms with van der Waals surface area (Å²) in [6.07, 6.45) is 6.15. The zero-order valence-electron chi connectivity index (χ0n) is 13.7. The number of halogens is 1. The lowest BCUT2D eigenvalue weighted by atomic mass is 9.97. The fourth-order valence-corrected chi connectivity index (χ4v) is 4.19. The molecule has 3 N–H and O–H groups in total. The number of hydrogen-bond acceptors (Lipinski definition) is 5. The highest BCUT2D eigenvalue weighted by Crippen LogP contribution is 2.33. The van der Waals surface area contributed by atoms with Crippen LogP contribution in [-0.2, 0) is 24.2 Å². The van der Waals surface area contributed by atoms with Crippen LogP contribution in [0.3, 0.4) is 0 Å². The van der Waals surface area contributed by atoms with Crippen molar-refractivity contribution >= 4 is 39.9 Å². The number of aryl methyl sites for hydroxylation is 3. The minimum atomic E-state index is -0.0951. The molecule has 1 amide bonds. The van der Waals surface area contributed by atoms with Crippen LogP contribution in [0, 0.1) is 0 Å². The molecule has 0 fully saturated rings. The van der Waals surface area contributed by atoms with E-state index in [-0.39, 0.29) is 36.3 Å². The number of hydrogen-bond donors (Lipinski definition) is 2. The zero-order valence-corrected chi connectivity index (χ0v) is 15.3. The van der Waals surface area contributed by atoms with E-state index in [1.165, 1.54) is 16.9 Å². The lowest BCUT2D eigenvalue weighted by Crippen LogP contribution is -2.38. The predicted molar refractivity (Wildman–Crippen MR) is 99.0 cm³/mol. The monoisotopic (exact) mass is 370 g/mol. The molecule has 1 atom stereocenters. The summed E-state index contributed by atoms with van der Waals surface area (Å²) in [4.78, 5) is 31.1. The van der Waals surface area contributed by atoms with Crippen molar-refractivity contribution in [1.29, 1.82) is 0 Å². The molecular weight excluding hydrogens is 348 g/mol. The molecule has 2 heterocycles. The molecular formula is C16H23ClN4O2S. The number of nitrogens with two attached hydrogens (primary N) is 1. The Morgan fingerprint density at radius 1 is 1.46 bits per heavy atom. The van der Waals surface area contributed by atoms with Gasteiger partial charge in [-0.1, -0.05) is 0 Å². The van der Waals surface area contributed by atoms with Gasteiger partial charge in [-0.3, -0.25) is 14.2 Å². The first-order valence-electron chi connectivity index (χ1n) is 8.09. The Morgan fingerprint density at radius 2 is 2.21 bits per heavy atom. The largest absolute Gasteiger partial charge is 0.352 e. The number of amides is 1. The van der Waals surface area contributed by atoms with Gasteiger partial charge >= 0.3 is 0 Å². The van der Waals surface area contributed by atoms with E-state index in [4.69, 9.17) is 5.73 Å². The zero-order chi connectivity index (χ0) is 16.4. The Labute approximate surface area is 150 Å². The van der Waals surface area contributed by atoms with Crippen molar-refractivity contribution in [3.8, 4) is 0 Å². The minimum absolute atomic E-state index is 0. The van der Waals surface area contributed by atoms with Gasteiger partial charge in [-0.05, 0) is 38.2 Å². The maximum absolute atomic E-state index is 12.7. The third-order valence-corrected chi connectivity index (χ3v) is 5.48. The number of rotatable bonds is 5. The van der Waals surface area contributed by atoms with Crippen LogP contribution in [0.4, 0.5) is 0 Å². The van der Waals surface area contributed by atoms with E-state index in [9.17, 15) is 9.59 Å². The quantitative estimate of drug-likeness (QED) is 0.836. The fraction of sp³-hybridized carbons (Fsp3) is 0.562. The standard InChI is InChI=1S/C16H22N4O2S.ClH/c1-10(8-17)19-13(21)6-7-20-9-18-15-14(16(20)22)11-4-2-3-5-12(11)23-15;/h9-10H,2-8,17H2,1H3,(H,19,21);1H/t10-;/m0./s1. The van der Waals surface area contributed by atoms with Gasteiger partial charge < -0.3 is 11.1 Å². The van der Waals surface area contributed by atoms with Gasteiger partial charge in [0.05, 0.1) is 11.7 Å². The summed E-state index contributed by atoms with van der Waals surface area (Å²) in [7, 11) is 0. The number of nitrogens with one attached hydrogen (secondary N) is 1. The lowest BCUT2D eigenvalue weighted by molar-refractivity contribution is -0.121. The number of aromatic nitrogens is 2. The van der Waals surface area contributed by atoms with Crippen LogP contribution in [0.5, 0.6) is 0 Å². The normalized spacial score (nSPS) is 14.8. The third kappa shape index (κ3) is 3.79. The molecule has 1 aliphatic rings. The van der Waals surface area contributed by atoms with Gasteiger partial charge in [-0.15, -0.1) is 23.7 Å². The number of thiophene rings is 1. The molecule has 132 valence electrons. The van der Waals surface area contributed by atoms with Crippen LogP contribution in [0.15, 0.2) is 11.1 Å². The van der Waals surface area contributed by atoms with Crippen molar-refractivity contribution in [3.05, 3.63) is 27.1 Å². The van der Waals surface area contributed by atoms with Crippen LogP contribution < -0.4 is 16.6 Å². The first-order chi connectivity index (χ1) is 11.1. The van der Waals surface area contributed by atoms with Crippen molar-refractivity contribution in [2.75, 3.05) is 6.54 Å². The summed E-state index contributed by atoms with van der Waals surface area (Å²) in [6, 6.07) is -0.0521. The molecule has 3 rings (SSSR count). The predicted octanol–water partition coefficient (Wildman–Crippen LogP) is 1.61. The molecule has 0 saturated carbocycles. The van der Waals surface area contributed by atoms with Gasteiger partial charge in [0, 0.05) is 30.4 Å². The molecule has 0 radical (unpaired) electrons. The van der Waals surface area contributed by atoms with Crippen molar-refractivity contribution in [2.45, 2.75) is 51.6 Å². The van der Waals surface area contributed by atoms with Crippen LogP contribution >= 0.6 is 23.7 Å². The van der Waals surface area contributed by atoms with E-state index in [1.54, 1.807) is 22.2 Å². The molecule has 0 saturated heterocycles. The van der Waals surface area contributed by atoms with Gasteiger partial charge in [0.1, 0.15) is 4.83 Å². The first kappa shape index (κ1) is 18.9. The Bertz CT molecular complexity index is 786. The van der Waals surface area contributed by atoms with Gasteiger partial charge in [-0.2, -0.15) is 0 Å². The van der Waals surface area contributed by atoms with Crippen LogP contribution in [0.1, 0.15) is 36.6 Å². The third-order valence-electron chi connectivity index (χ3n) is 4.28. The van der Waals surface area contributed by atoms with E-state index in [1.807, 2.05) is 6.92 Å². The Morgan fingerprint density at radius 3 is 2.96 bits per heavy atom. The highest BCUT2D eigenvalue weighted by atomic mass is 35.5. The highest BCUT2D eigenvalue weighted by molar-refractivity contribution is 7.18. The molecule has 0 bridgehead atoms. The lowest BCUT2D eigenvalue weighted by Gasteiger charge is -2.12. The van der Waals surface area contributed by atoms with Gasteiger partial charge in [0.15, 0.2) is 0 Å². The maximum Gasteiger partial charge on any atom is 0.262 e. The number of nitrogens with zero attached hydrogens (tertiary/aromatic N) is 2. The average Bonchev–Trinajstić information content (AvgIpc) is 2.93. The van der Waals surface area contributed by atoms with Gasteiger partial charge in [-0.25, -0.2) is 4.98 Å². The molecule has 1 aliphatic carbocycles. The average molecular weight is 371 g/mol. The van der Waals surface area contributed by atoms with E-state index in [2.05, 4.69) is 10.3 Å². The molecule has 0 aliphatic heterocycles. The Kier molecular flexibility index (Phi) is 6.37. The van der Waals surface area contributed by atoms with Crippen molar-refractivity contribution in [2.24, 2.45) is 5.73 Å². The van der Waals surface area contributed by atoms with Crippen molar-refractivity contribution in [1.82, 2.24) is 14.9 Å². The second-order valence-corrected chi connectivity index (χ2v) is 7.17. The summed E-state index contributed by atoms with van der Waals surface area (Å²) in [5, 5.41) is 3.57. The summed E-state index contributed by atoms with van der Waals surface area (Å²) >= 11 is 1.64. The molecule has 2 aromatic heterocycles. The van der Waals surface area contributed by atoms with Gasteiger partial charge in [0.2, 0.25) is 5.91 Å². The van der Waals surface area contributed by atoms with E-state index in [0.29, 0.717) is 13.1 Å². The molecule has 6 nitrogen and oxygen atoms in total. The molecule has 0 unspecified atom stereocenters. The molecule has 2 aromatic rings. The summed E-state index contributed by atoms with van der Waals surface area (Å²) in [6.45, 7) is 2.60. The second kappa shape index (κ2) is 8.09. The topological polar surface area (TPSA) is 90.0 Å². The Balaban J connectivity index is 0.00000208. The molecule has 8 heteroatoms. The van der Waals surface area contributed by atoms with Crippen LogP contribution in [-0.4, -0.2) is 28.0 Å². The van der Waals surface area contributed by atoms with Crippen LogP contribution in [0.25, 0.3) is 10.2 Å². The molecule has 0 spiro atoms. The smallest absolute Gasteiger partial charge is 0.262 e. The van der Waals surface area contributed by atoms with E-state index >= 15 is 0 Å². The fourth-order valence-electron chi connectivity index (χ4n) is 2.97. The van der Waals surface area contributed by atoms with E-state index in [0.717, 1.165) is 29.5 Å². The van der Waals surface area contributed by atoms with E-state index < -0.39 is 0 Å². The summed E-state index contributed by atoms with van der Waals surface area (Å²) < 4.78 is 1.55. The van der Waals surface area contributed by atoms with Gasteiger partial charge in [0.25, 0.3) is 5.56 Å². The molecule has 24 heavy (non-hydrogen) atoms. The summed E-state index contributed by atoms with van der Waals surface area (Å²) in [5.41, 5.74) is 6.65. The van der Waals surface area contributed by atoms with Crippen LogP contribution in [0.2, 0.25) is 0 Å². The SMILES string of the molecule is C[C@@H](CN)NC(=O)CCn1cnc2sc3c(c2c1=O)CCCC3.Cl. The number of fused-ring (bicyclic) bond motifs is 3. The summed E-state index contributed by atoms with van der Waals surface area (Å²) in [5.74, 6) is -0.0951. The second-order valence-electron chi connectivity index (χ2n) is 6.09. The highest BCUT2D eigenvalue weighted by Gasteiger charge is 2.20. The maximum atomic E-state index is 12.7.